The normalized spacial score (nSPS) is 22.8. The Balaban J connectivity index is 1.54. The number of hydrogen-bond donors (Lipinski definition) is 1. The molecule has 1 aromatic carbocycles. The van der Waals surface area contributed by atoms with E-state index in [1.807, 2.05) is 6.92 Å². The van der Waals surface area contributed by atoms with E-state index in [9.17, 15) is 5.11 Å². The number of piperazine rings is 1. The van der Waals surface area contributed by atoms with E-state index in [-0.39, 0.29) is 0 Å². The van der Waals surface area contributed by atoms with E-state index >= 15 is 0 Å². The molecule has 2 aliphatic rings. The molecular formula is C25H39N3O. The van der Waals surface area contributed by atoms with Crippen LogP contribution in [0.3, 0.4) is 0 Å². The number of allylic oxidation sites excluding steroid dienone is 1. The predicted molar refractivity (Wildman–Crippen MR) is 122 cm³/mol. The van der Waals surface area contributed by atoms with Crippen LogP contribution >= 0.6 is 0 Å². The minimum atomic E-state index is 0.313. The van der Waals surface area contributed by atoms with Gasteiger partial charge in [-0.25, -0.2) is 0 Å². The molecule has 0 aromatic heterocycles. The number of rotatable bonds is 6. The summed E-state index contributed by atoms with van der Waals surface area (Å²) in [6.45, 7) is 19.1. The molecule has 3 rings (SSSR count). The zero-order valence-electron chi connectivity index (χ0n) is 18.8. The highest BCUT2D eigenvalue weighted by Crippen LogP contribution is 2.26. The third-order valence-electron chi connectivity index (χ3n) is 6.87. The molecule has 0 aliphatic carbocycles. The summed E-state index contributed by atoms with van der Waals surface area (Å²) < 4.78 is 0. The predicted octanol–water partition coefficient (Wildman–Crippen LogP) is 4.64. The molecule has 29 heavy (non-hydrogen) atoms. The van der Waals surface area contributed by atoms with Crippen molar-refractivity contribution >= 4 is 0 Å². The Morgan fingerprint density at radius 1 is 1.17 bits per heavy atom. The summed E-state index contributed by atoms with van der Waals surface area (Å²) in [4.78, 5) is 7.62. The van der Waals surface area contributed by atoms with Crippen molar-refractivity contribution in [3.8, 4) is 0 Å². The Morgan fingerprint density at radius 2 is 1.90 bits per heavy atom. The van der Waals surface area contributed by atoms with E-state index in [4.69, 9.17) is 0 Å². The van der Waals surface area contributed by atoms with Crippen LogP contribution in [0.25, 0.3) is 0 Å². The molecule has 2 aliphatic heterocycles. The topological polar surface area (TPSA) is 30.0 Å². The fourth-order valence-corrected chi connectivity index (χ4v) is 4.96. The largest absolute Gasteiger partial charge is 0.506 e. The summed E-state index contributed by atoms with van der Waals surface area (Å²) in [6, 6.07) is 8.06. The molecule has 1 N–H and O–H groups in total. The lowest BCUT2D eigenvalue weighted by atomic mass is 9.97. The van der Waals surface area contributed by atoms with Gasteiger partial charge >= 0.3 is 0 Å². The van der Waals surface area contributed by atoms with Gasteiger partial charge in [-0.3, -0.25) is 9.80 Å². The van der Waals surface area contributed by atoms with E-state index < -0.39 is 0 Å². The van der Waals surface area contributed by atoms with Gasteiger partial charge in [0.15, 0.2) is 0 Å². The average molecular weight is 398 g/mol. The molecular weight excluding hydrogens is 358 g/mol. The summed E-state index contributed by atoms with van der Waals surface area (Å²) in [5.74, 6) is 0.313. The Kier molecular flexibility index (Phi) is 7.42. The van der Waals surface area contributed by atoms with Crippen molar-refractivity contribution in [2.45, 2.75) is 65.6 Å². The van der Waals surface area contributed by atoms with Gasteiger partial charge in [0.2, 0.25) is 0 Å². The van der Waals surface area contributed by atoms with Crippen LogP contribution in [0.15, 0.2) is 42.3 Å². The van der Waals surface area contributed by atoms with Crippen molar-refractivity contribution in [3.63, 3.8) is 0 Å². The summed E-state index contributed by atoms with van der Waals surface area (Å²) in [7, 11) is 0. The number of piperidine rings is 1. The Morgan fingerprint density at radius 3 is 2.52 bits per heavy atom. The number of aryl methyl sites for hydroxylation is 2. The quantitative estimate of drug-likeness (QED) is 0.559. The van der Waals surface area contributed by atoms with Crippen molar-refractivity contribution in [1.82, 2.24) is 14.7 Å². The molecule has 1 unspecified atom stereocenters. The van der Waals surface area contributed by atoms with Gasteiger partial charge in [0.05, 0.1) is 5.70 Å². The molecule has 2 heterocycles. The summed E-state index contributed by atoms with van der Waals surface area (Å²) in [5, 5.41) is 10.0. The van der Waals surface area contributed by atoms with E-state index in [0.717, 1.165) is 38.3 Å². The maximum Gasteiger partial charge on any atom is 0.134 e. The molecule has 1 aromatic rings. The molecule has 0 radical (unpaired) electrons. The molecule has 1 atom stereocenters. The molecule has 0 bridgehead atoms. The maximum absolute atomic E-state index is 10.0. The zero-order chi connectivity index (χ0) is 21.0. The van der Waals surface area contributed by atoms with E-state index in [1.165, 1.54) is 42.6 Å². The molecule has 160 valence electrons. The Labute approximate surface area is 177 Å². The van der Waals surface area contributed by atoms with Crippen LogP contribution in [0, 0.1) is 13.8 Å². The number of aliphatic hydroxyl groups is 1. The molecule has 4 heteroatoms. The van der Waals surface area contributed by atoms with Crippen LogP contribution in [-0.2, 0) is 6.54 Å². The van der Waals surface area contributed by atoms with Crippen molar-refractivity contribution in [3.05, 3.63) is 59.0 Å². The van der Waals surface area contributed by atoms with Crippen LogP contribution in [0.4, 0.5) is 0 Å². The first-order chi connectivity index (χ1) is 13.9. The molecule has 0 amide bonds. The zero-order valence-corrected chi connectivity index (χ0v) is 18.8. The van der Waals surface area contributed by atoms with Gasteiger partial charge in [-0.15, -0.1) is 0 Å². The lowest BCUT2D eigenvalue weighted by Gasteiger charge is -2.48. The maximum atomic E-state index is 10.0. The Bertz CT molecular complexity index is 734. The van der Waals surface area contributed by atoms with Gasteiger partial charge < -0.3 is 10.0 Å². The van der Waals surface area contributed by atoms with E-state index in [1.54, 1.807) is 6.08 Å². The number of aliphatic hydroxyl groups excluding tert-OH is 1. The van der Waals surface area contributed by atoms with Crippen LogP contribution in [0.1, 0.15) is 49.8 Å². The van der Waals surface area contributed by atoms with Crippen molar-refractivity contribution < 1.29 is 5.11 Å². The first-order valence-electron chi connectivity index (χ1n) is 11.3. The third-order valence-corrected chi connectivity index (χ3v) is 6.87. The van der Waals surface area contributed by atoms with Gasteiger partial charge in [0.1, 0.15) is 5.76 Å². The van der Waals surface area contributed by atoms with Gasteiger partial charge in [0, 0.05) is 38.3 Å². The lowest BCUT2D eigenvalue weighted by Crippen LogP contribution is -2.57. The second-order valence-electron chi connectivity index (χ2n) is 8.80. The third kappa shape index (κ3) is 5.23. The summed E-state index contributed by atoms with van der Waals surface area (Å²) in [6.07, 6.45) is 5.38. The summed E-state index contributed by atoms with van der Waals surface area (Å²) in [5.41, 5.74) is 5.00. The minimum absolute atomic E-state index is 0.313. The highest BCUT2D eigenvalue weighted by Gasteiger charge is 2.33. The lowest BCUT2D eigenvalue weighted by molar-refractivity contribution is 0.0220. The van der Waals surface area contributed by atoms with E-state index in [2.05, 4.69) is 60.2 Å². The first-order valence-corrected chi connectivity index (χ1v) is 11.3. The van der Waals surface area contributed by atoms with Crippen LogP contribution in [0.2, 0.25) is 0 Å². The number of nitrogens with zero attached hydrogens (tertiary/aromatic N) is 3. The molecule has 2 fully saturated rings. The Hall–Kier alpha value is -1.78. The van der Waals surface area contributed by atoms with Gasteiger partial charge in [-0.05, 0) is 70.3 Å². The van der Waals surface area contributed by atoms with Crippen LogP contribution in [0.5, 0.6) is 0 Å². The molecule has 4 nitrogen and oxygen atoms in total. The SMILES string of the molecule is C=C(/C(O)=C\C)N1CCN(C2CCN(Cc3ccc(C)cc3C)CC2)C(CC)C1. The van der Waals surface area contributed by atoms with Gasteiger partial charge in [-0.1, -0.05) is 37.3 Å². The van der Waals surface area contributed by atoms with Gasteiger partial charge in [0.25, 0.3) is 0 Å². The highest BCUT2D eigenvalue weighted by molar-refractivity contribution is 5.30. The van der Waals surface area contributed by atoms with E-state index in [0.29, 0.717) is 17.8 Å². The standard InChI is InChI=1S/C25H39N3O/c1-6-23-18-27(21(5)25(29)7-2)14-15-28(23)24-10-12-26(13-11-24)17-22-9-8-19(3)16-20(22)4/h7-9,16,23-24,29H,5-6,10-15,17-18H2,1-4H3/b25-7+. The monoisotopic (exact) mass is 397 g/mol. The molecule has 2 saturated heterocycles. The van der Waals surface area contributed by atoms with Crippen LogP contribution in [-0.4, -0.2) is 64.6 Å². The second-order valence-corrected chi connectivity index (χ2v) is 8.80. The van der Waals surface area contributed by atoms with Crippen molar-refractivity contribution in [2.24, 2.45) is 0 Å². The van der Waals surface area contributed by atoms with Crippen LogP contribution < -0.4 is 0 Å². The van der Waals surface area contributed by atoms with Crippen molar-refractivity contribution in [1.29, 1.82) is 0 Å². The van der Waals surface area contributed by atoms with Gasteiger partial charge in [-0.2, -0.15) is 0 Å². The number of benzene rings is 1. The molecule has 0 spiro atoms. The number of likely N-dealkylation sites (tertiary alicyclic amines) is 1. The number of hydrogen-bond acceptors (Lipinski definition) is 4. The highest BCUT2D eigenvalue weighted by atomic mass is 16.3. The summed E-state index contributed by atoms with van der Waals surface area (Å²) >= 11 is 0. The average Bonchev–Trinajstić information content (AvgIpc) is 2.74. The molecule has 0 saturated carbocycles. The first kappa shape index (κ1) is 21.9. The minimum Gasteiger partial charge on any atom is -0.506 e. The second kappa shape index (κ2) is 9.82. The fourth-order valence-electron chi connectivity index (χ4n) is 4.96. The van der Waals surface area contributed by atoms with Crippen molar-refractivity contribution in [2.75, 3.05) is 32.7 Å². The fraction of sp³-hybridized carbons (Fsp3) is 0.600. The smallest absolute Gasteiger partial charge is 0.134 e.